The maximum atomic E-state index is 11.7. The maximum Gasteiger partial charge on any atom is 0.251 e. The van der Waals surface area contributed by atoms with Crippen LogP contribution in [0.15, 0.2) is 24.3 Å². The van der Waals surface area contributed by atoms with Gasteiger partial charge in [-0.25, -0.2) is 0 Å². The van der Waals surface area contributed by atoms with Crippen LogP contribution in [0.2, 0.25) is 5.02 Å². The smallest absolute Gasteiger partial charge is 0.251 e. The van der Waals surface area contributed by atoms with Gasteiger partial charge in [0.25, 0.3) is 5.91 Å². The molecule has 0 aromatic heterocycles. The first-order valence-electron chi connectivity index (χ1n) is 5.86. The lowest BCUT2D eigenvalue weighted by molar-refractivity contribution is -0.120. The Hall–Kier alpha value is -1.55. The Balaban J connectivity index is 2.41. The molecule has 0 radical (unpaired) electrons. The predicted octanol–water partition coefficient (Wildman–Crippen LogP) is 1.98. The lowest BCUT2D eigenvalue weighted by Gasteiger charge is -2.11. The number of rotatable bonds is 5. The third kappa shape index (κ3) is 4.75. The van der Waals surface area contributed by atoms with E-state index >= 15 is 0 Å². The molecule has 0 aliphatic carbocycles. The summed E-state index contributed by atoms with van der Waals surface area (Å²) in [5, 5.41) is 5.89. The third-order valence-corrected chi connectivity index (χ3v) is 2.79. The molecule has 0 aliphatic heterocycles. The van der Waals surface area contributed by atoms with Crippen molar-refractivity contribution in [3.8, 4) is 0 Å². The minimum atomic E-state index is -0.286. The van der Waals surface area contributed by atoms with Crippen LogP contribution in [-0.4, -0.2) is 24.4 Å². The first-order chi connectivity index (χ1) is 8.52. The molecule has 1 atom stereocenters. The molecule has 0 spiro atoms. The van der Waals surface area contributed by atoms with Crippen LogP contribution in [-0.2, 0) is 4.79 Å². The van der Waals surface area contributed by atoms with Gasteiger partial charge in [0.15, 0.2) is 0 Å². The molecule has 0 heterocycles. The summed E-state index contributed by atoms with van der Waals surface area (Å²) < 4.78 is 0. The van der Waals surface area contributed by atoms with Crippen molar-refractivity contribution >= 4 is 23.4 Å². The van der Waals surface area contributed by atoms with E-state index in [-0.39, 0.29) is 24.4 Å². The van der Waals surface area contributed by atoms with Gasteiger partial charge in [0.1, 0.15) is 0 Å². The Morgan fingerprint density at radius 2 is 1.89 bits per heavy atom. The molecule has 1 rings (SSSR count). The molecule has 2 amide bonds. The molecule has 0 unspecified atom stereocenters. The summed E-state index contributed by atoms with van der Waals surface area (Å²) in [5.41, 5.74) is 0.482. The van der Waals surface area contributed by atoms with Crippen molar-refractivity contribution in [1.82, 2.24) is 10.6 Å². The Morgan fingerprint density at radius 1 is 1.28 bits per heavy atom. The van der Waals surface area contributed by atoms with Gasteiger partial charge in [0.05, 0.1) is 6.54 Å². The third-order valence-electron chi connectivity index (χ3n) is 2.54. The largest absolute Gasteiger partial charge is 0.352 e. The molecule has 1 aromatic rings. The van der Waals surface area contributed by atoms with E-state index in [0.717, 1.165) is 6.42 Å². The zero-order chi connectivity index (χ0) is 13.5. The van der Waals surface area contributed by atoms with E-state index in [1.54, 1.807) is 24.3 Å². The Morgan fingerprint density at radius 3 is 2.44 bits per heavy atom. The van der Waals surface area contributed by atoms with Crippen molar-refractivity contribution < 1.29 is 9.59 Å². The highest BCUT2D eigenvalue weighted by atomic mass is 35.5. The Kier molecular flexibility index (Phi) is 5.65. The molecular formula is C13H17ClN2O2. The van der Waals surface area contributed by atoms with Gasteiger partial charge in [-0.05, 0) is 37.6 Å². The molecule has 0 bridgehead atoms. The molecule has 0 aliphatic rings. The fourth-order valence-corrected chi connectivity index (χ4v) is 1.42. The quantitative estimate of drug-likeness (QED) is 0.858. The van der Waals surface area contributed by atoms with Crippen LogP contribution in [0.3, 0.4) is 0 Å². The minimum absolute atomic E-state index is 0.0220. The van der Waals surface area contributed by atoms with E-state index in [2.05, 4.69) is 10.6 Å². The van der Waals surface area contributed by atoms with Gasteiger partial charge in [-0.2, -0.15) is 0 Å². The van der Waals surface area contributed by atoms with Crippen LogP contribution in [0.25, 0.3) is 0 Å². The summed E-state index contributed by atoms with van der Waals surface area (Å²) in [6.45, 7) is 3.88. The highest BCUT2D eigenvalue weighted by Gasteiger charge is 2.09. The van der Waals surface area contributed by atoms with Gasteiger partial charge in [0.2, 0.25) is 5.91 Å². The molecule has 5 heteroatoms. The van der Waals surface area contributed by atoms with Crippen LogP contribution in [0.5, 0.6) is 0 Å². The lowest BCUT2D eigenvalue weighted by Crippen LogP contribution is -2.40. The topological polar surface area (TPSA) is 58.2 Å². The van der Waals surface area contributed by atoms with E-state index in [4.69, 9.17) is 11.6 Å². The summed E-state index contributed by atoms with van der Waals surface area (Å²) >= 11 is 5.72. The normalized spacial score (nSPS) is 11.7. The van der Waals surface area contributed by atoms with Gasteiger partial charge in [-0.3, -0.25) is 9.59 Å². The van der Waals surface area contributed by atoms with E-state index < -0.39 is 0 Å². The summed E-state index contributed by atoms with van der Waals surface area (Å²) in [4.78, 5) is 23.1. The monoisotopic (exact) mass is 268 g/mol. The zero-order valence-electron chi connectivity index (χ0n) is 10.5. The van der Waals surface area contributed by atoms with Crippen LogP contribution in [0.1, 0.15) is 30.6 Å². The fourth-order valence-electron chi connectivity index (χ4n) is 1.29. The van der Waals surface area contributed by atoms with Crippen LogP contribution in [0, 0.1) is 0 Å². The van der Waals surface area contributed by atoms with Gasteiger partial charge < -0.3 is 10.6 Å². The second-order valence-corrected chi connectivity index (χ2v) is 4.50. The number of nitrogens with one attached hydrogen (secondary N) is 2. The molecule has 4 nitrogen and oxygen atoms in total. The van der Waals surface area contributed by atoms with Gasteiger partial charge in [-0.15, -0.1) is 0 Å². The molecule has 18 heavy (non-hydrogen) atoms. The van der Waals surface area contributed by atoms with Crippen molar-refractivity contribution in [2.75, 3.05) is 6.54 Å². The number of carbonyl (C=O) groups excluding carboxylic acids is 2. The Bertz CT molecular complexity index is 418. The lowest BCUT2D eigenvalue weighted by atomic mass is 10.2. The predicted molar refractivity (Wildman–Crippen MR) is 71.7 cm³/mol. The zero-order valence-corrected chi connectivity index (χ0v) is 11.3. The fraction of sp³-hybridized carbons (Fsp3) is 0.385. The molecule has 2 N–H and O–H groups in total. The summed E-state index contributed by atoms with van der Waals surface area (Å²) in [6.07, 6.45) is 0.858. The van der Waals surface area contributed by atoms with Gasteiger partial charge >= 0.3 is 0 Å². The highest BCUT2D eigenvalue weighted by molar-refractivity contribution is 6.30. The number of amides is 2. The first kappa shape index (κ1) is 14.5. The average Bonchev–Trinajstić information content (AvgIpc) is 2.36. The summed E-state index contributed by atoms with van der Waals surface area (Å²) in [5.74, 6) is -0.474. The average molecular weight is 269 g/mol. The van der Waals surface area contributed by atoms with Crippen LogP contribution >= 0.6 is 11.6 Å². The van der Waals surface area contributed by atoms with E-state index in [1.165, 1.54) is 0 Å². The van der Waals surface area contributed by atoms with Crippen molar-refractivity contribution in [2.24, 2.45) is 0 Å². The highest BCUT2D eigenvalue weighted by Crippen LogP contribution is 2.09. The molecule has 0 saturated carbocycles. The van der Waals surface area contributed by atoms with Gasteiger partial charge in [0, 0.05) is 16.6 Å². The van der Waals surface area contributed by atoms with Crippen LogP contribution in [0.4, 0.5) is 0 Å². The molecular weight excluding hydrogens is 252 g/mol. The Labute approximate surface area is 112 Å². The molecule has 1 aromatic carbocycles. The van der Waals surface area contributed by atoms with Gasteiger partial charge in [-0.1, -0.05) is 18.5 Å². The van der Waals surface area contributed by atoms with E-state index in [9.17, 15) is 9.59 Å². The van der Waals surface area contributed by atoms with E-state index in [0.29, 0.717) is 10.6 Å². The summed E-state index contributed by atoms with van der Waals surface area (Å²) in [6, 6.07) is 6.62. The van der Waals surface area contributed by atoms with Crippen molar-refractivity contribution in [3.63, 3.8) is 0 Å². The number of hydrogen-bond donors (Lipinski definition) is 2. The molecule has 98 valence electrons. The van der Waals surface area contributed by atoms with Crippen LogP contribution < -0.4 is 10.6 Å². The standard InChI is InChI=1S/C13H17ClN2O2/c1-3-9(2)16-12(17)8-15-13(18)10-4-6-11(14)7-5-10/h4-7,9H,3,8H2,1-2H3,(H,15,18)(H,16,17)/t9-/m1/s1. The number of hydrogen-bond acceptors (Lipinski definition) is 2. The minimum Gasteiger partial charge on any atom is -0.352 e. The second kappa shape index (κ2) is 7.01. The number of halogens is 1. The van der Waals surface area contributed by atoms with Crippen molar-refractivity contribution in [3.05, 3.63) is 34.9 Å². The summed E-state index contributed by atoms with van der Waals surface area (Å²) in [7, 11) is 0. The SMILES string of the molecule is CC[C@@H](C)NC(=O)CNC(=O)c1ccc(Cl)cc1. The number of benzene rings is 1. The number of carbonyl (C=O) groups is 2. The molecule has 0 fully saturated rings. The van der Waals surface area contributed by atoms with E-state index in [1.807, 2.05) is 13.8 Å². The first-order valence-corrected chi connectivity index (χ1v) is 6.24. The maximum absolute atomic E-state index is 11.7. The van der Waals surface area contributed by atoms with Crippen molar-refractivity contribution in [1.29, 1.82) is 0 Å². The van der Waals surface area contributed by atoms with Crippen molar-refractivity contribution in [2.45, 2.75) is 26.3 Å². The second-order valence-electron chi connectivity index (χ2n) is 4.07. The molecule has 0 saturated heterocycles.